The molecular formula is C16H22N4O2. The molecule has 0 bridgehead atoms. The van der Waals surface area contributed by atoms with Crippen LogP contribution in [0.3, 0.4) is 0 Å². The van der Waals surface area contributed by atoms with Gasteiger partial charge in [-0.15, -0.1) is 0 Å². The first-order chi connectivity index (χ1) is 10.5. The van der Waals surface area contributed by atoms with Gasteiger partial charge in [0.05, 0.1) is 5.54 Å². The van der Waals surface area contributed by atoms with Crippen molar-refractivity contribution < 1.29 is 4.79 Å². The number of carbonyl (C=O) groups excluding carboxylic acids is 1. The number of nitrogens with two attached hydrogens (primary N) is 1. The van der Waals surface area contributed by atoms with E-state index in [1.807, 2.05) is 26.8 Å². The number of nitrogens with zero attached hydrogens (tertiary/aromatic N) is 2. The second kappa shape index (κ2) is 6.27. The van der Waals surface area contributed by atoms with Gasteiger partial charge in [0.25, 0.3) is 11.5 Å². The minimum atomic E-state index is -0.490. The molecule has 0 aliphatic heterocycles. The molecule has 0 radical (unpaired) electrons. The average molecular weight is 302 g/mol. The molecule has 0 unspecified atom stereocenters. The highest BCUT2D eigenvalue weighted by atomic mass is 16.2. The highest BCUT2D eigenvalue weighted by Gasteiger charge is 2.28. The van der Waals surface area contributed by atoms with E-state index >= 15 is 0 Å². The van der Waals surface area contributed by atoms with Crippen LogP contribution in [0.15, 0.2) is 29.3 Å². The lowest BCUT2D eigenvalue weighted by atomic mass is 9.92. The van der Waals surface area contributed by atoms with Crippen molar-refractivity contribution in [3.63, 3.8) is 0 Å². The van der Waals surface area contributed by atoms with Gasteiger partial charge in [0.15, 0.2) is 0 Å². The van der Waals surface area contributed by atoms with E-state index in [9.17, 15) is 9.59 Å². The molecule has 118 valence electrons. The summed E-state index contributed by atoms with van der Waals surface area (Å²) in [6.07, 6.45) is 4.41. The molecule has 0 atom stereocenters. The van der Waals surface area contributed by atoms with Crippen molar-refractivity contribution in [1.82, 2.24) is 14.7 Å². The number of fused-ring (bicyclic) bond motifs is 1. The zero-order chi connectivity index (χ0) is 16.3. The molecule has 6 nitrogen and oxygen atoms in total. The zero-order valence-corrected chi connectivity index (χ0v) is 13.2. The number of amides is 1. The maximum Gasteiger partial charge on any atom is 0.270 e. The highest BCUT2D eigenvalue weighted by molar-refractivity contribution is 5.94. The van der Waals surface area contributed by atoms with E-state index < -0.39 is 11.4 Å². The first-order valence-corrected chi connectivity index (χ1v) is 7.47. The van der Waals surface area contributed by atoms with Crippen molar-refractivity contribution in [2.24, 2.45) is 5.73 Å². The third-order valence-electron chi connectivity index (χ3n) is 4.22. The molecule has 3 N–H and O–H groups in total. The maximum atomic E-state index is 12.5. The largest absolute Gasteiger partial charge is 0.345 e. The van der Waals surface area contributed by atoms with Crippen LogP contribution in [0, 0.1) is 6.92 Å². The Morgan fingerprint density at radius 1 is 1.36 bits per heavy atom. The van der Waals surface area contributed by atoms with Gasteiger partial charge in [-0.25, -0.2) is 4.98 Å². The number of rotatable bonds is 5. The number of hydrogen-bond donors (Lipinski definition) is 2. The van der Waals surface area contributed by atoms with Gasteiger partial charge in [-0.3, -0.25) is 14.0 Å². The summed E-state index contributed by atoms with van der Waals surface area (Å²) in [7, 11) is 0. The smallest absolute Gasteiger partial charge is 0.270 e. The quantitative estimate of drug-likeness (QED) is 0.870. The normalized spacial score (nSPS) is 11.6. The molecule has 0 aliphatic rings. The fraction of sp³-hybridized carbons (Fsp3) is 0.438. The summed E-state index contributed by atoms with van der Waals surface area (Å²) in [4.78, 5) is 29.2. The molecule has 0 saturated carbocycles. The van der Waals surface area contributed by atoms with Crippen molar-refractivity contribution in [2.45, 2.75) is 39.2 Å². The summed E-state index contributed by atoms with van der Waals surface area (Å²) in [5.41, 5.74) is 6.40. The summed E-state index contributed by atoms with van der Waals surface area (Å²) in [6, 6.07) is 3.62. The Balaban J connectivity index is 2.44. The molecule has 0 fully saturated rings. The van der Waals surface area contributed by atoms with Crippen LogP contribution >= 0.6 is 0 Å². The molecular weight excluding hydrogens is 280 g/mol. The summed E-state index contributed by atoms with van der Waals surface area (Å²) in [6.45, 7) is 6.14. The topological polar surface area (TPSA) is 89.5 Å². The molecule has 1 amide bonds. The number of nitrogens with one attached hydrogen (secondary N) is 1. The minimum absolute atomic E-state index is 0.0304. The Morgan fingerprint density at radius 3 is 2.64 bits per heavy atom. The molecule has 2 aromatic rings. The van der Waals surface area contributed by atoms with Crippen molar-refractivity contribution in [2.75, 3.05) is 6.54 Å². The molecule has 0 spiro atoms. The number of aryl methyl sites for hydroxylation is 1. The Morgan fingerprint density at radius 2 is 2.05 bits per heavy atom. The van der Waals surface area contributed by atoms with Gasteiger partial charge < -0.3 is 11.1 Å². The summed E-state index contributed by atoms with van der Waals surface area (Å²) in [5.74, 6) is -0.428. The van der Waals surface area contributed by atoms with Crippen molar-refractivity contribution in [3.8, 4) is 0 Å². The lowest BCUT2D eigenvalue weighted by molar-refractivity contribution is 0.0893. The van der Waals surface area contributed by atoms with Crippen molar-refractivity contribution in [1.29, 1.82) is 0 Å². The Bertz CT molecular complexity index is 739. The fourth-order valence-corrected chi connectivity index (χ4v) is 2.41. The standard InChI is InChI=1S/C16H22N4O2/c1-4-16(5-2,10-17)19-14(21)12-8-18-13-7-6-11(3)9-20(13)15(12)22/h6-9H,4-5,10,17H2,1-3H3,(H,19,21). The molecule has 6 heteroatoms. The summed E-state index contributed by atoms with van der Waals surface area (Å²) in [5, 5.41) is 2.90. The van der Waals surface area contributed by atoms with Crippen LogP contribution < -0.4 is 16.6 Å². The van der Waals surface area contributed by atoms with Crippen LogP contribution in [0.25, 0.3) is 5.65 Å². The first kappa shape index (κ1) is 16.2. The van der Waals surface area contributed by atoms with Crippen LogP contribution in [-0.2, 0) is 0 Å². The monoisotopic (exact) mass is 302 g/mol. The third kappa shape index (κ3) is 2.87. The van der Waals surface area contributed by atoms with Crippen LogP contribution in [-0.4, -0.2) is 27.4 Å². The van der Waals surface area contributed by atoms with Crippen LogP contribution in [0.5, 0.6) is 0 Å². The van der Waals surface area contributed by atoms with E-state index in [-0.39, 0.29) is 11.1 Å². The van der Waals surface area contributed by atoms with E-state index in [0.29, 0.717) is 25.0 Å². The van der Waals surface area contributed by atoms with Crippen LogP contribution in [0.4, 0.5) is 0 Å². The second-order valence-electron chi connectivity index (χ2n) is 5.56. The second-order valence-corrected chi connectivity index (χ2v) is 5.56. The number of pyridine rings is 1. The van der Waals surface area contributed by atoms with Crippen molar-refractivity contribution in [3.05, 3.63) is 46.0 Å². The van der Waals surface area contributed by atoms with E-state index in [2.05, 4.69) is 10.3 Å². The van der Waals surface area contributed by atoms with Crippen molar-refractivity contribution >= 4 is 11.6 Å². The average Bonchev–Trinajstić information content (AvgIpc) is 2.53. The van der Waals surface area contributed by atoms with Crippen LogP contribution in [0.1, 0.15) is 42.6 Å². The Labute approximate surface area is 129 Å². The lowest BCUT2D eigenvalue weighted by Gasteiger charge is -2.31. The Kier molecular flexibility index (Phi) is 4.61. The SMILES string of the molecule is CCC(CC)(CN)NC(=O)c1cnc2ccc(C)cn2c1=O. The van der Waals surface area contributed by atoms with Gasteiger partial charge in [0, 0.05) is 18.9 Å². The predicted molar refractivity (Wildman–Crippen MR) is 86.0 cm³/mol. The summed E-state index contributed by atoms with van der Waals surface area (Å²) >= 11 is 0. The van der Waals surface area contributed by atoms with E-state index in [0.717, 1.165) is 5.56 Å². The van der Waals surface area contributed by atoms with Gasteiger partial charge >= 0.3 is 0 Å². The zero-order valence-electron chi connectivity index (χ0n) is 13.2. The van der Waals surface area contributed by atoms with Gasteiger partial charge in [0.1, 0.15) is 11.2 Å². The number of aromatic nitrogens is 2. The molecule has 0 saturated heterocycles. The van der Waals surface area contributed by atoms with Gasteiger partial charge in [0.2, 0.25) is 0 Å². The third-order valence-corrected chi connectivity index (χ3v) is 4.22. The van der Waals surface area contributed by atoms with E-state index in [4.69, 9.17) is 5.73 Å². The fourth-order valence-electron chi connectivity index (χ4n) is 2.41. The molecule has 22 heavy (non-hydrogen) atoms. The van der Waals surface area contributed by atoms with Gasteiger partial charge in [-0.1, -0.05) is 19.9 Å². The molecule has 2 heterocycles. The maximum absolute atomic E-state index is 12.5. The highest BCUT2D eigenvalue weighted by Crippen LogP contribution is 2.14. The minimum Gasteiger partial charge on any atom is -0.345 e. The molecule has 2 rings (SSSR count). The number of hydrogen-bond acceptors (Lipinski definition) is 4. The van der Waals surface area contributed by atoms with E-state index in [1.54, 1.807) is 12.3 Å². The molecule has 2 aromatic heterocycles. The number of carbonyl (C=O) groups is 1. The molecule has 0 aliphatic carbocycles. The Hall–Kier alpha value is -2.21. The van der Waals surface area contributed by atoms with Crippen LogP contribution in [0.2, 0.25) is 0 Å². The first-order valence-electron chi connectivity index (χ1n) is 7.47. The summed E-state index contributed by atoms with van der Waals surface area (Å²) < 4.78 is 1.40. The van der Waals surface area contributed by atoms with E-state index in [1.165, 1.54) is 10.6 Å². The lowest BCUT2D eigenvalue weighted by Crippen LogP contribution is -2.53. The predicted octanol–water partition coefficient (Wildman–Crippen LogP) is 1.25. The van der Waals surface area contributed by atoms with Gasteiger partial charge in [-0.2, -0.15) is 0 Å². The molecule has 0 aromatic carbocycles. The van der Waals surface area contributed by atoms with Gasteiger partial charge in [-0.05, 0) is 31.4 Å².